The molecule has 35 heavy (non-hydrogen) atoms. The van der Waals surface area contributed by atoms with Crippen molar-refractivity contribution in [1.29, 1.82) is 0 Å². The Labute approximate surface area is 211 Å². The number of aromatic nitrogens is 1. The van der Waals surface area contributed by atoms with Gasteiger partial charge in [0.2, 0.25) is 0 Å². The Morgan fingerprint density at radius 1 is 0.971 bits per heavy atom. The summed E-state index contributed by atoms with van der Waals surface area (Å²) in [5.74, 6) is 1.96. The Morgan fingerprint density at radius 3 is 2.26 bits per heavy atom. The number of hydrogen-bond acceptors (Lipinski definition) is 3. The lowest BCUT2D eigenvalue weighted by molar-refractivity contribution is 0.467. The van der Waals surface area contributed by atoms with Crippen LogP contribution in [0.2, 0.25) is 0 Å². The van der Waals surface area contributed by atoms with Crippen molar-refractivity contribution in [3.63, 3.8) is 0 Å². The highest BCUT2D eigenvalue weighted by atomic mass is 16.3. The highest BCUT2D eigenvalue weighted by Gasteiger charge is 2.19. The number of hydrogen-bond donors (Lipinski definition) is 2. The molecule has 0 fully saturated rings. The van der Waals surface area contributed by atoms with E-state index < -0.39 is 0 Å². The predicted octanol–water partition coefficient (Wildman–Crippen LogP) is 8.36. The van der Waals surface area contributed by atoms with Gasteiger partial charge >= 0.3 is 0 Å². The summed E-state index contributed by atoms with van der Waals surface area (Å²) in [6.07, 6.45) is 5.03. The van der Waals surface area contributed by atoms with Crippen LogP contribution < -0.4 is 5.32 Å². The first-order chi connectivity index (χ1) is 16.7. The zero-order valence-electron chi connectivity index (χ0n) is 22.2. The van der Waals surface area contributed by atoms with Crippen LogP contribution in [0.5, 0.6) is 5.75 Å². The first-order valence-corrected chi connectivity index (χ1v) is 13.1. The van der Waals surface area contributed by atoms with Crippen molar-refractivity contribution < 1.29 is 5.11 Å². The molecule has 0 amide bonds. The fraction of sp³-hybridized carbons (Fsp3) is 0.406. The van der Waals surface area contributed by atoms with Crippen molar-refractivity contribution in [3.05, 3.63) is 93.8 Å². The van der Waals surface area contributed by atoms with Crippen LogP contribution in [-0.4, -0.2) is 10.1 Å². The van der Waals surface area contributed by atoms with Crippen LogP contribution in [0, 0.1) is 12.8 Å². The van der Waals surface area contributed by atoms with Gasteiger partial charge in [0.1, 0.15) is 5.75 Å². The third kappa shape index (κ3) is 5.78. The van der Waals surface area contributed by atoms with Crippen LogP contribution in [0.25, 0.3) is 5.57 Å². The summed E-state index contributed by atoms with van der Waals surface area (Å²) in [6, 6.07) is 17.0. The van der Waals surface area contributed by atoms with Gasteiger partial charge in [-0.15, -0.1) is 0 Å². The number of phenols is 1. The van der Waals surface area contributed by atoms with Crippen LogP contribution in [0.15, 0.2) is 54.6 Å². The molecule has 2 N–H and O–H groups in total. The van der Waals surface area contributed by atoms with Crippen molar-refractivity contribution in [2.45, 2.75) is 79.2 Å². The molecule has 0 bridgehead atoms. The molecule has 0 radical (unpaired) electrons. The lowest BCUT2D eigenvalue weighted by Gasteiger charge is -2.21. The fourth-order valence-electron chi connectivity index (χ4n) is 5.19. The summed E-state index contributed by atoms with van der Waals surface area (Å²) in [5, 5.41) is 14.8. The van der Waals surface area contributed by atoms with E-state index >= 15 is 0 Å². The molecule has 0 saturated carbocycles. The van der Waals surface area contributed by atoms with Gasteiger partial charge in [-0.25, -0.2) is 0 Å². The molecule has 3 heteroatoms. The molecule has 1 unspecified atom stereocenters. The van der Waals surface area contributed by atoms with E-state index in [0.29, 0.717) is 36.5 Å². The van der Waals surface area contributed by atoms with Crippen LogP contribution in [0.4, 0.5) is 5.69 Å². The third-order valence-electron chi connectivity index (χ3n) is 7.07. The Kier molecular flexibility index (Phi) is 7.64. The molecule has 1 heterocycles. The van der Waals surface area contributed by atoms with Gasteiger partial charge in [-0.05, 0) is 78.0 Å². The summed E-state index contributed by atoms with van der Waals surface area (Å²) in [6.45, 7) is 14.0. The van der Waals surface area contributed by atoms with Crippen LogP contribution >= 0.6 is 0 Å². The van der Waals surface area contributed by atoms with Gasteiger partial charge in [0, 0.05) is 28.9 Å². The van der Waals surface area contributed by atoms with Crippen LogP contribution in [-0.2, 0) is 13.0 Å². The molecule has 3 nitrogen and oxygen atoms in total. The molecule has 0 saturated heterocycles. The van der Waals surface area contributed by atoms with Gasteiger partial charge in [0.05, 0.1) is 12.2 Å². The van der Waals surface area contributed by atoms with E-state index in [1.165, 1.54) is 28.0 Å². The van der Waals surface area contributed by atoms with Crippen LogP contribution in [0.1, 0.15) is 98.5 Å². The molecule has 4 rings (SSSR count). The number of phenolic OH excluding ortho intramolecular Hbond substituents is 1. The number of rotatable bonds is 8. The number of anilines is 1. The molecule has 1 aliphatic carbocycles. The topological polar surface area (TPSA) is 45.2 Å². The van der Waals surface area contributed by atoms with E-state index in [9.17, 15) is 5.11 Å². The number of benzene rings is 2. The Balaban J connectivity index is 1.55. The summed E-state index contributed by atoms with van der Waals surface area (Å²) in [5.41, 5.74) is 10.3. The first-order valence-electron chi connectivity index (χ1n) is 13.1. The molecule has 1 atom stereocenters. The molecule has 1 aromatic heterocycles. The molecule has 184 valence electrons. The van der Waals surface area contributed by atoms with E-state index in [2.05, 4.69) is 101 Å². The van der Waals surface area contributed by atoms with Crippen LogP contribution in [0.3, 0.4) is 0 Å². The maximum absolute atomic E-state index is 11.1. The fourth-order valence-corrected chi connectivity index (χ4v) is 5.19. The monoisotopic (exact) mass is 468 g/mol. The molecule has 3 aromatic rings. The Morgan fingerprint density at radius 2 is 1.63 bits per heavy atom. The third-order valence-corrected chi connectivity index (χ3v) is 7.07. The summed E-state index contributed by atoms with van der Waals surface area (Å²) in [4.78, 5) is 4.95. The highest BCUT2D eigenvalue weighted by molar-refractivity contribution is 5.74. The predicted molar refractivity (Wildman–Crippen MR) is 148 cm³/mol. The SMILES string of the molecule is Cc1cc(Cc2cccc(CNc3c(C(C)C)cccc3C(C)C)n2)c(O)c(C2=CCC(C)C2)c1. The number of allylic oxidation sites excluding steroid dienone is 2. The zero-order chi connectivity index (χ0) is 25.1. The van der Waals surface area contributed by atoms with E-state index in [1.807, 2.05) is 0 Å². The number of nitrogens with zero attached hydrogens (tertiary/aromatic N) is 1. The number of aryl methyl sites for hydroxylation is 1. The largest absolute Gasteiger partial charge is 0.507 e. The van der Waals surface area contributed by atoms with Gasteiger partial charge in [-0.2, -0.15) is 0 Å². The Hall–Kier alpha value is -3.07. The highest BCUT2D eigenvalue weighted by Crippen LogP contribution is 2.39. The quantitative estimate of drug-likeness (QED) is 0.349. The smallest absolute Gasteiger partial charge is 0.126 e. The van der Waals surface area contributed by atoms with E-state index in [-0.39, 0.29) is 0 Å². The average Bonchev–Trinajstić information content (AvgIpc) is 3.25. The second-order valence-electron chi connectivity index (χ2n) is 10.9. The summed E-state index contributed by atoms with van der Waals surface area (Å²) in [7, 11) is 0. The van der Waals surface area contributed by atoms with Gasteiger partial charge in [-0.1, -0.05) is 71.0 Å². The number of para-hydroxylation sites is 1. The number of nitrogens with one attached hydrogen (secondary N) is 1. The molecule has 1 aliphatic rings. The minimum Gasteiger partial charge on any atom is -0.507 e. The van der Waals surface area contributed by atoms with Crippen molar-refractivity contribution in [3.8, 4) is 5.75 Å². The van der Waals surface area contributed by atoms with Gasteiger partial charge in [-0.3, -0.25) is 4.98 Å². The standard InChI is InChI=1S/C32H40N2O/c1-20(2)28-11-8-12-29(21(3)4)31(28)33-19-27-10-7-9-26(34-27)18-25-16-23(6)17-30(32(25)35)24-14-13-22(5)15-24/h7-12,14,16-17,20-22,33,35H,13,15,18-19H2,1-6H3. The van der Waals surface area contributed by atoms with E-state index in [0.717, 1.165) is 35.4 Å². The normalized spacial score (nSPS) is 15.7. The summed E-state index contributed by atoms with van der Waals surface area (Å²) >= 11 is 0. The zero-order valence-corrected chi connectivity index (χ0v) is 22.2. The van der Waals surface area contributed by atoms with E-state index in [4.69, 9.17) is 4.98 Å². The van der Waals surface area contributed by atoms with Gasteiger partial charge in [0.25, 0.3) is 0 Å². The molecular formula is C32H40N2O. The van der Waals surface area contributed by atoms with Crippen molar-refractivity contribution in [2.75, 3.05) is 5.32 Å². The lowest BCUT2D eigenvalue weighted by Crippen LogP contribution is -2.09. The number of aromatic hydroxyl groups is 1. The minimum atomic E-state index is 0.411. The van der Waals surface area contributed by atoms with Crippen molar-refractivity contribution in [1.82, 2.24) is 4.98 Å². The van der Waals surface area contributed by atoms with Crippen molar-refractivity contribution in [2.24, 2.45) is 5.92 Å². The lowest BCUT2D eigenvalue weighted by atomic mass is 9.92. The Bertz CT molecular complexity index is 1200. The molecule has 2 aromatic carbocycles. The van der Waals surface area contributed by atoms with Gasteiger partial charge in [0.15, 0.2) is 0 Å². The second kappa shape index (κ2) is 10.7. The summed E-state index contributed by atoms with van der Waals surface area (Å²) < 4.78 is 0. The average molecular weight is 469 g/mol. The molecule has 0 aliphatic heterocycles. The maximum atomic E-state index is 11.1. The van der Waals surface area contributed by atoms with Crippen molar-refractivity contribution >= 4 is 11.3 Å². The molecular weight excluding hydrogens is 428 g/mol. The first kappa shape index (κ1) is 25.0. The van der Waals surface area contributed by atoms with E-state index in [1.54, 1.807) is 0 Å². The minimum absolute atomic E-state index is 0.411. The molecule has 0 spiro atoms. The second-order valence-corrected chi connectivity index (χ2v) is 10.9. The number of pyridine rings is 1. The maximum Gasteiger partial charge on any atom is 0.126 e. The van der Waals surface area contributed by atoms with Gasteiger partial charge < -0.3 is 10.4 Å².